The Bertz CT molecular complexity index is 677. The van der Waals surface area contributed by atoms with Crippen LogP contribution >= 0.6 is 11.3 Å². The van der Waals surface area contributed by atoms with E-state index in [4.69, 9.17) is 9.52 Å². The Morgan fingerprint density at radius 1 is 1.41 bits per heavy atom. The molecule has 0 spiro atoms. The van der Waals surface area contributed by atoms with Crippen LogP contribution in [0.1, 0.15) is 18.4 Å². The summed E-state index contributed by atoms with van der Waals surface area (Å²) in [5.41, 5.74) is -0.335. The molecule has 5 nitrogen and oxygen atoms in total. The zero-order chi connectivity index (χ0) is 12.2. The second-order valence-corrected chi connectivity index (χ2v) is 5.13. The van der Waals surface area contributed by atoms with Crippen molar-refractivity contribution in [1.82, 2.24) is 0 Å². The highest BCUT2D eigenvalue weighted by molar-refractivity contribution is 7.16. The van der Waals surface area contributed by atoms with Gasteiger partial charge in [-0.05, 0) is 18.9 Å². The summed E-state index contributed by atoms with van der Waals surface area (Å²) in [7, 11) is 0. The minimum atomic E-state index is -1.00. The number of phenolic OH excluding ortho intramolecular Hbond substituents is 1. The summed E-state index contributed by atoms with van der Waals surface area (Å²) in [6, 6.07) is 2.85. The van der Waals surface area contributed by atoms with E-state index in [-0.39, 0.29) is 5.75 Å². The number of aliphatic carboxylic acids is 1. The minimum Gasteiger partial charge on any atom is -0.508 e. The number of carboxylic acid groups (broad SMARTS) is 1. The molecule has 1 aliphatic carbocycles. The third-order valence-corrected chi connectivity index (χ3v) is 3.91. The van der Waals surface area contributed by atoms with Crippen LogP contribution in [0.4, 0.5) is 0 Å². The van der Waals surface area contributed by atoms with E-state index in [2.05, 4.69) is 0 Å². The first kappa shape index (κ1) is 10.3. The average Bonchev–Trinajstić information content (AvgIpc) is 2.96. The van der Waals surface area contributed by atoms with E-state index in [0.29, 0.717) is 28.7 Å². The fourth-order valence-electron chi connectivity index (χ4n) is 2.02. The standard InChI is InChI=1S/C11H8O5S/c12-6-4-8-7(16-10(15)17-8)3-5(6)11(1-2-11)9(13)14/h3-4,12H,1-2H2,(H,13,14). The zero-order valence-corrected chi connectivity index (χ0v) is 9.41. The SMILES string of the molecule is O=C(O)C1(c2cc3oc(=O)sc3cc2O)CC1. The number of fused-ring (bicyclic) bond motifs is 1. The molecule has 0 bridgehead atoms. The van der Waals surface area contributed by atoms with E-state index in [1.807, 2.05) is 0 Å². The van der Waals surface area contributed by atoms with Crippen LogP contribution in [0.3, 0.4) is 0 Å². The van der Waals surface area contributed by atoms with Crippen molar-refractivity contribution in [2.45, 2.75) is 18.3 Å². The van der Waals surface area contributed by atoms with E-state index < -0.39 is 16.3 Å². The Balaban J connectivity index is 2.26. The van der Waals surface area contributed by atoms with Gasteiger partial charge in [-0.1, -0.05) is 11.3 Å². The molecule has 0 atom stereocenters. The van der Waals surface area contributed by atoms with Crippen LogP contribution < -0.4 is 4.94 Å². The lowest BCUT2D eigenvalue weighted by atomic mass is 9.95. The van der Waals surface area contributed by atoms with Gasteiger partial charge in [0, 0.05) is 11.6 Å². The van der Waals surface area contributed by atoms with E-state index in [0.717, 1.165) is 11.3 Å². The first-order chi connectivity index (χ1) is 8.03. The van der Waals surface area contributed by atoms with Gasteiger partial charge in [-0.2, -0.15) is 0 Å². The van der Waals surface area contributed by atoms with Gasteiger partial charge in [0.1, 0.15) is 11.3 Å². The number of benzene rings is 1. The molecule has 1 aromatic heterocycles. The highest BCUT2D eigenvalue weighted by Crippen LogP contribution is 2.52. The number of phenols is 1. The Labute approximate surface area is 98.9 Å². The number of rotatable bonds is 2. The molecule has 0 amide bonds. The third-order valence-electron chi connectivity index (χ3n) is 3.12. The number of hydrogen-bond donors (Lipinski definition) is 2. The molecule has 1 heterocycles. The molecule has 6 heteroatoms. The van der Waals surface area contributed by atoms with Gasteiger partial charge in [0.2, 0.25) is 0 Å². The predicted octanol–water partition coefficient (Wildman–Crippen LogP) is 1.68. The fourth-order valence-corrected chi connectivity index (χ4v) is 2.70. The van der Waals surface area contributed by atoms with Gasteiger partial charge >= 0.3 is 10.9 Å². The van der Waals surface area contributed by atoms with E-state index >= 15 is 0 Å². The molecule has 0 saturated heterocycles. The molecule has 2 aromatic rings. The summed E-state index contributed by atoms with van der Waals surface area (Å²) in [5, 5.41) is 19.0. The Hall–Kier alpha value is -1.82. The lowest BCUT2D eigenvalue weighted by Crippen LogP contribution is -2.19. The maximum atomic E-state index is 11.2. The average molecular weight is 252 g/mol. The highest BCUT2D eigenvalue weighted by atomic mass is 32.1. The first-order valence-electron chi connectivity index (χ1n) is 5.03. The van der Waals surface area contributed by atoms with Crippen molar-refractivity contribution in [1.29, 1.82) is 0 Å². The minimum absolute atomic E-state index is 0.0885. The molecule has 0 unspecified atom stereocenters. The number of hydrogen-bond acceptors (Lipinski definition) is 5. The fraction of sp³-hybridized carbons (Fsp3) is 0.273. The quantitative estimate of drug-likeness (QED) is 0.848. The molecular weight excluding hydrogens is 244 g/mol. The summed E-state index contributed by atoms with van der Waals surface area (Å²) in [5.74, 6) is -1.04. The topological polar surface area (TPSA) is 87.7 Å². The van der Waals surface area contributed by atoms with Gasteiger partial charge in [-0.15, -0.1) is 0 Å². The molecule has 88 valence electrons. The summed E-state index contributed by atoms with van der Waals surface area (Å²) in [4.78, 5) is 21.8. The molecule has 1 aliphatic rings. The summed E-state index contributed by atoms with van der Waals surface area (Å²) in [6.45, 7) is 0. The molecule has 3 rings (SSSR count). The molecule has 0 aliphatic heterocycles. The molecule has 1 saturated carbocycles. The van der Waals surface area contributed by atoms with Crippen LogP contribution in [0.2, 0.25) is 0 Å². The second kappa shape index (κ2) is 3.10. The molecule has 17 heavy (non-hydrogen) atoms. The summed E-state index contributed by atoms with van der Waals surface area (Å²) >= 11 is 0.885. The Morgan fingerprint density at radius 2 is 2.12 bits per heavy atom. The van der Waals surface area contributed by atoms with Gasteiger partial charge in [-0.25, -0.2) is 4.79 Å². The van der Waals surface area contributed by atoms with Crippen LogP contribution in [0, 0.1) is 0 Å². The molecule has 2 N–H and O–H groups in total. The van der Waals surface area contributed by atoms with Crippen molar-refractivity contribution in [2.75, 3.05) is 0 Å². The van der Waals surface area contributed by atoms with E-state index in [9.17, 15) is 14.7 Å². The van der Waals surface area contributed by atoms with Gasteiger partial charge in [0.25, 0.3) is 0 Å². The lowest BCUT2D eigenvalue weighted by Gasteiger charge is -2.11. The summed E-state index contributed by atoms with van der Waals surface area (Å²) < 4.78 is 5.45. The van der Waals surface area contributed by atoms with Gasteiger partial charge in [0.05, 0.1) is 10.1 Å². The maximum absolute atomic E-state index is 11.2. The monoisotopic (exact) mass is 252 g/mol. The summed E-state index contributed by atoms with van der Waals surface area (Å²) in [6.07, 6.45) is 0.992. The molecular formula is C11H8O5S. The van der Waals surface area contributed by atoms with E-state index in [1.54, 1.807) is 0 Å². The number of carboxylic acids is 1. The first-order valence-corrected chi connectivity index (χ1v) is 5.85. The lowest BCUT2D eigenvalue weighted by molar-refractivity contribution is -0.140. The predicted molar refractivity (Wildman–Crippen MR) is 60.6 cm³/mol. The van der Waals surface area contributed by atoms with Gasteiger partial charge in [0.15, 0.2) is 0 Å². The van der Waals surface area contributed by atoms with Crippen molar-refractivity contribution in [3.63, 3.8) is 0 Å². The van der Waals surface area contributed by atoms with Crippen LogP contribution in [0.5, 0.6) is 5.75 Å². The van der Waals surface area contributed by atoms with Crippen LogP contribution in [0.25, 0.3) is 10.3 Å². The normalized spacial score (nSPS) is 17.2. The molecule has 1 aromatic carbocycles. The largest absolute Gasteiger partial charge is 0.508 e. The van der Waals surface area contributed by atoms with Crippen LogP contribution in [0.15, 0.2) is 21.3 Å². The Morgan fingerprint density at radius 3 is 2.71 bits per heavy atom. The van der Waals surface area contributed by atoms with Crippen molar-refractivity contribution in [3.8, 4) is 5.75 Å². The smallest absolute Gasteiger partial charge is 0.396 e. The van der Waals surface area contributed by atoms with Crippen LogP contribution in [-0.2, 0) is 10.2 Å². The Kier molecular flexibility index (Phi) is 1.89. The molecule has 0 radical (unpaired) electrons. The number of aromatic hydroxyl groups is 1. The van der Waals surface area contributed by atoms with Crippen LogP contribution in [-0.4, -0.2) is 16.2 Å². The van der Waals surface area contributed by atoms with Crippen molar-refractivity contribution in [2.24, 2.45) is 0 Å². The van der Waals surface area contributed by atoms with Crippen molar-refractivity contribution in [3.05, 3.63) is 27.4 Å². The maximum Gasteiger partial charge on any atom is 0.396 e. The van der Waals surface area contributed by atoms with Gasteiger partial charge in [-0.3, -0.25) is 4.79 Å². The third kappa shape index (κ3) is 1.37. The van der Waals surface area contributed by atoms with Crippen molar-refractivity contribution < 1.29 is 19.4 Å². The van der Waals surface area contributed by atoms with Crippen molar-refractivity contribution >= 4 is 27.6 Å². The highest BCUT2D eigenvalue weighted by Gasteiger charge is 2.53. The van der Waals surface area contributed by atoms with Gasteiger partial charge < -0.3 is 14.6 Å². The number of carbonyl (C=O) groups is 1. The molecule has 1 fully saturated rings. The second-order valence-electron chi connectivity index (χ2n) is 4.16. The van der Waals surface area contributed by atoms with E-state index in [1.165, 1.54) is 12.1 Å². The zero-order valence-electron chi connectivity index (χ0n) is 8.60.